The molecule has 1 N–H and O–H groups in total. The molecule has 0 spiro atoms. The minimum absolute atomic E-state index is 0.807. The highest BCUT2D eigenvalue weighted by molar-refractivity contribution is 4.92. The van der Waals surface area contributed by atoms with E-state index in [1.54, 1.807) is 7.11 Å². The number of nitrogens with one attached hydrogen (secondary N) is 1. The van der Waals surface area contributed by atoms with Crippen LogP contribution >= 0.6 is 0 Å². The summed E-state index contributed by atoms with van der Waals surface area (Å²) in [4.78, 5) is 0. The fourth-order valence-corrected chi connectivity index (χ4v) is 2.94. The van der Waals surface area contributed by atoms with Gasteiger partial charge in [-0.3, -0.25) is 0 Å². The molecule has 100 valence electrons. The van der Waals surface area contributed by atoms with Gasteiger partial charge in [0.2, 0.25) is 0 Å². The lowest BCUT2D eigenvalue weighted by atomic mass is 9.76. The summed E-state index contributed by atoms with van der Waals surface area (Å²) >= 11 is 0. The molecule has 0 bridgehead atoms. The van der Waals surface area contributed by atoms with Gasteiger partial charge in [-0.15, -0.1) is 0 Å². The van der Waals surface area contributed by atoms with Crippen molar-refractivity contribution >= 4 is 0 Å². The van der Waals surface area contributed by atoms with E-state index >= 15 is 0 Å². The second-order valence-corrected chi connectivity index (χ2v) is 5.64. The molecule has 0 aromatic carbocycles. The first kappa shape index (κ1) is 14.7. The van der Waals surface area contributed by atoms with E-state index < -0.39 is 0 Å². The Morgan fingerprint density at radius 3 is 2.47 bits per heavy atom. The van der Waals surface area contributed by atoms with Crippen molar-refractivity contribution in [2.24, 2.45) is 17.8 Å². The summed E-state index contributed by atoms with van der Waals surface area (Å²) in [6.45, 7) is 7.62. The summed E-state index contributed by atoms with van der Waals surface area (Å²) in [6, 6.07) is 0. The van der Waals surface area contributed by atoms with Crippen LogP contribution in [0.4, 0.5) is 0 Å². The summed E-state index contributed by atoms with van der Waals surface area (Å²) in [5.74, 6) is 2.65. The van der Waals surface area contributed by atoms with Gasteiger partial charge in [-0.05, 0) is 50.0 Å². The number of methoxy groups -OCH3 is 1. The highest BCUT2D eigenvalue weighted by atomic mass is 16.5. The monoisotopic (exact) mass is 239 g/mol. The van der Waals surface area contributed by atoms with Crippen molar-refractivity contribution in [1.82, 2.24) is 5.32 Å². The van der Waals surface area contributed by atoms with Gasteiger partial charge >= 0.3 is 0 Å². The Bertz CT molecular complexity index is 205. The number of hydrogen-bond acceptors (Lipinski definition) is 2. The van der Waals surface area contributed by atoms with Crippen molar-refractivity contribution in [3.8, 4) is 0 Å². The second-order valence-electron chi connectivity index (χ2n) is 5.64. The molecule has 1 fully saturated rings. The number of hydrogen-bond donors (Lipinski definition) is 1. The van der Waals surface area contributed by atoms with Crippen molar-refractivity contribution in [2.45, 2.75) is 39.5 Å². The number of rotatable bonds is 7. The summed E-state index contributed by atoms with van der Waals surface area (Å²) in [5.41, 5.74) is 0. The van der Waals surface area contributed by atoms with Crippen LogP contribution in [0.5, 0.6) is 0 Å². The highest BCUT2D eigenvalue weighted by Crippen LogP contribution is 2.33. The van der Waals surface area contributed by atoms with Gasteiger partial charge in [0.05, 0.1) is 6.61 Å². The van der Waals surface area contributed by atoms with Gasteiger partial charge in [-0.1, -0.05) is 26.0 Å². The van der Waals surface area contributed by atoms with Gasteiger partial charge in [0.15, 0.2) is 0 Å². The molecule has 2 unspecified atom stereocenters. The minimum atomic E-state index is 0.807. The van der Waals surface area contributed by atoms with Crippen LogP contribution in [0.1, 0.15) is 39.5 Å². The van der Waals surface area contributed by atoms with E-state index in [1.165, 1.54) is 19.3 Å². The quantitative estimate of drug-likeness (QED) is 0.544. The molecule has 2 heteroatoms. The molecule has 1 saturated carbocycles. The molecule has 0 heterocycles. The average molecular weight is 239 g/mol. The molecule has 0 radical (unpaired) electrons. The molecule has 2 nitrogen and oxygen atoms in total. The maximum absolute atomic E-state index is 4.99. The molecular weight excluding hydrogens is 210 g/mol. The Balaban J connectivity index is 2.07. The van der Waals surface area contributed by atoms with Gasteiger partial charge in [-0.2, -0.15) is 0 Å². The molecule has 0 saturated heterocycles. The fourth-order valence-electron chi connectivity index (χ4n) is 2.94. The summed E-state index contributed by atoms with van der Waals surface area (Å²) in [6.07, 6.45) is 10.1. The SMILES string of the molecule is COCCNCCC=CC1CC(C)CC(C)C1. The standard InChI is InChI=1S/C15H29NO/c1-13-10-14(2)12-15(11-13)6-4-5-7-16-8-9-17-3/h4,6,13-16H,5,7-12H2,1-3H3. The Labute approximate surface area is 107 Å². The third kappa shape index (κ3) is 6.85. The first-order valence-corrected chi connectivity index (χ1v) is 7.08. The van der Waals surface area contributed by atoms with Crippen LogP contribution in [0, 0.1) is 17.8 Å². The van der Waals surface area contributed by atoms with E-state index in [0.717, 1.165) is 43.9 Å². The van der Waals surface area contributed by atoms with Gasteiger partial charge in [0.25, 0.3) is 0 Å². The van der Waals surface area contributed by atoms with E-state index in [1.807, 2.05) is 0 Å². The molecule has 1 rings (SSSR count). The third-order valence-corrected chi connectivity index (χ3v) is 3.59. The minimum Gasteiger partial charge on any atom is -0.383 e. The third-order valence-electron chi connectivity index (χ3n) is 3.59. The van der Waals surface area contributed by atoms with Crippen LogP contribution in [0.2, 0.25) is 0 Å². The maximum atomic E-state index is 4.99. The van der Waals surface area contributed by atoms with Crippen LogP contribution < -0.4 is 5.32 Å². The Kier molecular flexibility index (Phi) is 7.54. The van der Waals surface area contributed by atoms with E-state index in [4.69, 9.17) is 4.74 Å². The van der Waals surface area contributed by atoms with Crippen LogP contribution in [0.3, 0.4) is 0 Å². The van der Waals surface area contributed by atoms with Gasteiger partial charge in [-0.25, -0.2) is 0 Å². The van der Waals surface area contributed by atoms with Crippen LogP contribution in [0.25, 0.3) is 0 Å². The van der Waals surface area contributed by atoms with Gasteiger partial charge < -0.3 is 10.1 Å². The van der Waals surface area contributed by atoms with Gasteiger partial charge in [0.1, 0.15) is 0 Å². The predicted molar refractivity (Wildman–Crippen MR) is 74.2 cm³/mol. The Hall–Kier alpha value is -0.340. The van der Waals surface area contributed by atoms with Crippen molar-refractivity contribution in [2.75, 3.05) is 26.8 Å². The van der Waals surface area contributed by atoms with Crippen molar-refractivity contribution in [3.63, 3.8) is 0 Å². The first-order valence-electron chi connectivity index (χ1n) is 7.08. The Morgan fingerprint density at radius 2 is 1.82 bits per heavy atom. The molecule has 1 aliphatic rings. The van der Waals surface area contributed by atoms with Crippen LogP contribution in [-0.2, 0) is 4.74 Å². The summed E-state index contributed by atoms with van der Waals surface area (Å²) in [7, 11) is 1.74. The van der Waals surface area contributed by atoms with E-state index in [-0.39, 0.29) is 0 Å². The predicted octanol–water partition coefficient (Wildman–Crippen LogP) is 3.24. The molecular formula is C15H29NO. The summed E-state index contributed by atoms with van der Waals surface area (Å²) < 4.78 is 4.99. The molecule has 17 heavy (non-hydrogen) atoms. The normalized spacial score (nSPS) is 29.9. The first-order chi connectivity index (χ1) is 8.22. The average Bonchev–Trinajstić information content (AvgIpc) is 2.26. The van der Waals surface area contributed by atoms with Crippen molar-refractivity contribution < 1.29 is 4.74 Å². The van der Waals surface area contributed by atoms with Crippen molar-refractivity contribution in [1.29, 1.82) is 0 Å². The van der Waals surface area contributed by atoms with E-state index in [2.05, 4.69) is 31.3 Å². The number of ether oxygens (including phenoxy) is 1. The number of allylic oxidation sites excluding steroid dienone is 1. The van der Waals surface area contributed by atoms with Gasteiger partial charge in [0, 0.05) is 13.7 Å². The highest BCUT2D eigenvalue weighted by Gasteiger charge is 2.21. The maximum Gasteiger partial charge on any atom is 0.0587 e. The molecule has 0 aliphatic heterocycles. The zero-order valence-electron chi connectivity index (χ0n) is 11.7. The smallest absolute Gasteiger partial charge is 0.0587 e. The zero-order valence-corrected chi connectivity index (χ0v) is 11.7. The van der Waals surface area contributed by atoms with Crippen LogP contribution in [0.15, 0.2) is 12.2 Å². The lowest BCUT2D eigenvalue weighted by Gasteiger charge is -2.29. The molecule has 2 atom stereocenters. The summed E-state index contributed by atoms with van der Waals surface area (Å²) in [5, 5.41) is 3.37. The lowest BCUT2D eigenvalue weighted by molar-refractivity contribution is 0.199. The molecule has 0 amide bonds. The molecule has 0 aromatic rings. The van der Waals surface area contributed by atoms with E-state index in [9.17, 15) is 0 Å². The molecule has 0 aromatic heterocycles. The topological polar surface area (TPSA) is 21.3 Å². The molecule has 1 aliphatic carbocycles. The zero-order chi connectivity index (χ0) is 12.5. The second kappa shape index (κ2) is 8.71. The fraction of sp³-hybridized carbons (Fsp3) is 0.867. The lowest BCUT2D eigenvalue weighted by Crippen LogP contribution is -2.20. The Morgan fingerprint density at radius 1 is 1.12 bits per heavy atom. The van der Waals surface area contributed by atoms with E-state index in [0.29, 0.717) is 0 Å². The van der Waals surface area contributed by atoms with Crippen molar-refractivity contribution in [3.05, 3.63) is 12.2 Å². The van der Waals surface area contributed by atoms with Crippen LogP contribution in [-0.4, -0.2) is 26.8 Å². The largest absolute Gasteiger partial charge is 0.383 e.